The summed E-state index contributed by atoms with van der Waals surface area (Å²) in [5, 5.41) is 2.81. The lowest BCUT2D eigenvalue weighted by Gasteiger charge is -2.28. The number of nitrogens with zero attached hydrogens (tertiary/aromatic N) is 2. The molecule has 1 aromatic carbocycles. The Balaban J connectivity index is 1.55. The van der Waals surface area contributed by atoms with E-state index < -0.39 is 0 Å². The molecule has 0 bridgehead atoms. The first-order valence-corrected chi connectivity index (χ1v) is 8.16. The van der Waals surface area contributed by atoms with Gasteiger partial charge in [-0.2, -0.15) is 0 Å². The van der Waals surface area contributed by atoms with Crippen molar-refractivity contribution >= 4 is 17.7 Å². The molecule has 0 saturated heterocycles. The first-order valence-electron chi connectivity index (χ1n) is 8.16. The Kier molecular flexibility index (Phi) is 4.76. The fraction of sp³-hybridized carbons (Fsp3) is 0.389. The summed E-state index contributed by atoms with van der Waals surface area (Å²) in [7, 11) is 0. The van der Waals surface area contributed by atoms with Gasteiger partial charge < -0.3 is 5.32 Å². The molecule has 126 valence electrons. The molecule has 6 heteroatoms. The number of fused-ring (bicyclic) bond motifs is 1. The molecule has 0 atom stereocenters. The van der Waals surface area contributed by atoms with E-state index in [9.17, 15) is 14.4 Å². The van der Waals surface area contributed by atoms with Gasteiger partial charge in [0.2, 0.25) is 5.91 Å². The normalized spacial score (nSPS) is 17.7. The standard InChI is InChI=1S/C18H21N3O3/c1-13(22)19-11-14-5-4-8-20(12-14)9-10-21-17(23)15-6-2-3-7-16(15)18(21)24/h2-3,5-7H,4,8-12H2,1H3,(H,19,22). The number of hydrogen-bond donors (Lipinski definition) is 1. The minimum Gasteiger partial charge on any atom is -0.353 e. The Labute approximate surface area is 141 Å². The number of amides is 3. The monoisotopic (exact) mass is 327 g/mol. The topological polar surface area (TPSA) is 69.7 Å². The molecular weight excluding hydrogens is 306 g/mol. The number of hydrogen-bond acceptors (Lipinski definition) is 4. The minimum atomic E-state index is -0.207. The highest BCUT2D eigenvalue weighted by atomic mass is 16.2. The molecule has 0 spiro atoms. The van der Waals surface area contributed by atoms with Gasteiger partial charge in [0.15, 0.2) is 0 Å². The highest BCUT2D eigenvalue weighted by molar-refractivity contribution is 6.21. The third-order valence-electron chi connectivity index (χ3n) is 4.39. The van der Waals surface area contributed by atoms with Gasteiger partial charge in [-0.05, 0) is 24.1 Å². The van der Waals surface area contributed by atoms with Crippen molar-refractivity contribution in [2.24, 2.45) is 0 Å². The number of carbonyl (C=O) groups is 3. The van der Waals surface area contributed by atoms with Gasteiger partial charge in [-0.25, -0.2) is 0 Å². The molecule has 0 fully saturated rings. The molecule has 3 amide bonds. The second kappa shape index (κ2) is 6.97. The summed E-state index contributed by atoms with van der Waals surface area (Å²) in [6.07, 6.45) is 3.06. The zero-order chi connectivity index (χ0) is 17.1. The van der Waals surface area contributed by atoms with Crippen LogP contribution in [0.4, 0.5) is 0 Å². The van der Waals surface area contributed by atoms with E-state index in [4.69, 9.17) is 0 Å². The van der Waals surface area contributed by atoms with Crippen LogP contribution in [0, 0.1) is 0 Å². The van der Waals surface area contributed by atoms with Gasteiger partial charge in [0.25, 0.3) is 11.8 Å². The summed E-state index contributed by atoms with van der Waals surface area (Å²) >= 11 is 0. The lowest BCUT2D eigenvalue weighted by Crippen LogP contribution is -2.41. The molecule has 2 aliphatic rings. The largest absolute Gasteiger partial charge is 0.353 e. The molecule has 2 aliphatic heterocycles. The van der Waals surface area contributed by atoms with Gasteiger partial charge in [-0.15, -0.1) is 0 Å². The number of benzene rings is 1. The van der Waals surface area contributed by atoms with E-state index >= 15 is 0 Å². The second-order valence-corrected chi connectivity index (χ2v) is 6.14. The van der Waals surface area contributed by atoms with Gasteiger partial charge in [-0.3, -0.25) is 24.2 Å². The highest BCUT2D eigenvalue weighted by Crippen LogP contribution is 2.22. The molecule has 1 aromatic rings. The summed E-state index contributed by atoms with van der Waals surface area (Å²) in [6.45, 7) is 4.74. The predicted molar refractivity (Wildman–Crippen MR) is 89.6 cm³/mol. The zero-order valence-corrected chi connectivity index (χ0v) is 13.7. The van der Waals surface area contributed by atoms with Crippen molar-refractivity contribution in [2.75, 3.05) is 32.7 Å². The van der Waals surface area contributed by atoms with E-state index in [2.05, 4.69) is 16.3 Å². The molecule has 3 rings (SSSR count). The van der Waals surface area contributed by atoms with Crippen molar-refractivity contribution in [3.63, 3.8) is 0 Å². The molecule has 24 heavy (non-hydrogen) atoms. The van der Waals surface area contributed by atoms with Gasteiger partial charge in [-0.1, -0.05) is 18.2 Å². The van der Waals surface area contributed by atoms with E-state index in [1.807, 2.05) is 0 Å². The molecule has 0 aromatic heterocycles. The smallest absolute Gasteiger partial charge is 0.261 e. The maximum Gasteiger partial charge on any atom is 0.261 e. The van der Waals surface area contributed by atoms with E-state index in [0.29, 0.717) is 30.8 Å². The predicted octanol–water partition coefficient (Wildman–Crippen LogP) is 1.05. The second-order valence-electron chi connectivity index (χ2n) is 6.14. The lowest BCUT2D eigenvalue weighted by atomic mass is 10.1. The van der Waals surface area contributed by atoms with Crippen LogP contribution >= 0.6 is 0 Å². The Bertz CT molecular complexity index is 676. The Morgan fingerprint density at radius 3 is 2.42 bits per heavy atom. The maximum absolute atomic E-state index is 12.3. The van der Waals surface area contributed by atoms with Crippen molar-refractivity contribution in [2.45, 2.75) is 13.3 Å². The van der Waals surface area contributed by atoms with Crippen molar-refractivity contribution in [3.8, 4) is 0 Å². The van der Waals surface area contributed by atoms with Crippen molar-refractivity contribution < 1.29 is 14.4 Å². The van der Waals surface area contributed by atoms with Crippen LogP contribution in [0.3, 0.4) is 0 Å². The fourth-order valence-electron chi connectivity index (χ4n) is 3.12. The van der Waals surface area contributed by atoms with Gasteiger partial charge in [0.1, 0.15) is 0 Å². The quantitative estimate of drug-likeness (QED) is 0.648. The molecule has 0 aliphatic carbocycles. The van der Waals surface area contributed by atoms with Crippen LogP contribution in [0.15, 0.2) is 35.9 Å². The first kappa shape index (κ1) is 16.4. The summed E-state index contributed by atoms with van der Waals surface area (Å²) in [6, 6.07) is 6.95. The Hall–Kier alpha value is -2.47. The maximum atomic E-state index is 12.3. The minimum absolute atomic E-state index is 0.0425. The SMILES string of the molecule is CC(=O)NCC1=CCCN(CCN2C(=O)c3ccccc3C2=O)C1. The van der Waals surface area contributed by atoms with Crippen LogP contribution in [0.5, 0.6) is 0 Å². The van der Waals surface area contributed by atoms with Crippen LogP contribution in [-0.2, 0) is 4.79 Å². The van der Waals surface area contributed by atoms with Gasteiger partial charge in [0.05, 0.1) is 11.1 Å². The van der Waals surface area contributed by atoms with Gasteiger partial charge >= 0.3 is 0 Å². The van der Waals surface area contributed by atoms with E-state index in [1.54, 1.807) is 24.3 Å². The number of carbonyl (C=O) groups excluding carboxylic acids is 3. The average Bonchev–Trinajstić information content (AvgIpc) is 2.83. The van der Waals surface area contributed by atoms with Crippen LogP contribution in [0.1, 0.15) is 34.1 Å². The fourth-order valence-corrected chi connectivity index (χ4v) is 3.12. The summed E-state index contributed by atoms with van der Waals surface area (Å²) in [4.78, 5) is 39.3. The zero-order valence-electron chi connectivity index (χ0n) is 13.7. The molecule has 0 radical (unpaired) electrons. The first-order chi connectivity index (χ1) is 11.6. The number of imide groups is 1. The molecule has 1 N–H and O–H groups in total. The Morgan fingerprint density at radius 1 is 1.12 bits per heavy atom. The number of nitrogens with one attached hydrogen (secondary N) is 1. The van der Waals surface area contributed by atoms with E-state index in [-0.39, 0.29) is 17.7 Å². The molecule has 2 heterocycles. The molecule has 0 unspecified atom stereocenters. The van der Waals surface area contributed by atoms with Crippen LogP contribution in [-0.4, -0.2) is 60.2 Å². The van der Waals surface area contributed by atoms with E-state index in [0.717, 1.165) is 19.5 Å². The summed E-state index contributed by atoms with van der Waals surface area (Å²) in [5.41, 5.74) is 2.15. The number of rotatable bonds is 5. The average molecular weight is 327 g/mol. The molecule has 6 nitrogen and oxygen atoms in total. The van der Waals surface area contributed by atoms with Crippen molar-refractivity contribution in [3.05, 3.63) is 47.0 Å². The molecule has 0 saturated carbocycles. The summed E-state index contributed by atoms with van der Waals surface area (Å²) in [5.74, 6) is -0.456. The van der Waals surface area contributed by atoms with Crippen molar-refractivity contribution in [1.82, 2.24) is 15.1 Å². The third-order valence-corrected chi connectivity index (χ3v) is 4.39. The third kappa shape index (κ3) is 3.38. The molecular formula is C18H21N3O3. The van der Waals surface area contributed by atoms with Gasteiger partial charge in [0, 0.05) is 39.6 Å². The van der Waals surface area contributed by atoms with E-state index in [1.165, 1.54) is 17.4 Å². The van der Waals surface area contributed by atoms with Crippen LogP contribution in [0.2, 0.25) is 0 Å². The Morgan fingerprint density at radius 2 is 1.79 bits per heavy atom. The van der Waals surface area contributed by atoms with Crippen LogP contribution < -0.4 is 5.32 Å². The lowest BCUT2D eigenvalue weighted by molar-refractivity contribution is -0.118. The summed E-state index contributed by atoms with van der Waals surface area (Å²) < 4.78 is 0. The van der Waals surface area contributed by atoms with Crippen LogP contribution in [0.25, 0.3) is 0 Å². The highest BCUT2D eigenvalue weighted by Gasteiger charge is 2.34. The van der Waals surface area contributed by atoms with Crippen molar-refractivity contribution in [1.29, 1.82) is 0 Å².